The van der Waals surface area contributed by atoms with Crippen LogP contribution in [0.1, 0.15) is 0 Å². The Kier molecular flexibility index (Phi) is 1.30. The van der Waals surface area contributed by atoms with Crippen LogP contribution in [0.25, 0.3) is 0 Å². The van der Waals surface area contributed by atoms with Crippen molar-refractivity contribution < 1.29 is 9.90 Å². The van der Waals surface area contributed by atoms with Crippen molar-refractivity contribution in [1.29, 1.82) is 0 Å². The Morgan fingerprint density at radius 1 is 1.38 bits per heavy atom. The number of rotatable bonds is 1. The molecule has 8 heavy (non-hydrogen) atoms. The molecule has 0 fully saturated rings. The van der Waals surface area contributed by atoms with Crippen molar-refractivity contribution in [2.45, 2.75) is 0 Å². The van der Waals surface area contributed by atoms with Crippen molar-refractivity contribution in [3.8, 4) is 0 Å². The molecule has 0 saturated heterocycles. The van der Waals surface area contributed by atoms with Gasteiger partial charge in [-0.3, -0.25) is 4.79 Å². The van der Waals surface area contributed by atoms with Gasteiger partial charge < -0.3 is 5.11 Å². The third kappa shape index (κ3) is 0.868. The van der Waals surface area contributed by atoms with Crippen molar-refractivity contribution in [1.82, 2.24) is 0 Å². The minimum Gasteiger partial charge on any atom is -0.485 e. The van der Waals surface area contributed by atoms with Crippen molar-refractivity contribution in [3.05, 3.63) is 23.6 Å². The van der Waals surface area contributed by atoms with E-state index in [9.17, 15) is 4.79 Å². The van der Waals surface area contributed by atoms with Crippen LogP contribution >= 0.6 is 0 Å². The van der Waals surface area contributed by atoms with Crippen LogP contribution < -0.4 is 0 Å². The molecule has 3 heteroatoms. The molecule has 0 radical (unpaired) electrons. The Labute approximate surface area is 48.7 Å². The Balaban J connectivity index is 2.62. The second-order valence-corrected chi connectivity index (χ2v) is 3.95. The molecule has 1 aliphatic heterocycles. The number of carboxylic acid groups (broad SMARTS) is 1. The topological polar surface area (TPSA) is 37.3 Å². The third-order valence-corrected chi connectivity index (χ3v) is 2.88. The minimum atomic E-state index is -1.60. The van der Waals surface area contributed by atoms with Crippen molar-refractivity contribution in [2.75, 3.05) is 0 Å². The Bertz CT molecular complexity index is 148. The summed E-state index contributed by atoms with van der Waals surface area (Å²) in [5.74, 6) is 0. The summed E-state index contributed by atoms with van der Waals surface area (Å²) in [6.45, 7) is 0. The number of hydrogen-bond acceptors (Lipinski definition) is 1. The summed E-state index contributed by atoms with van der Waals surface area (Å²) in [5.41, 5.74) is 2.92. The molecule has 0 atom stereocenters. The zero-order valence-electron chi connectivity index (χ0n) is 4.24. The predicted molar refractivity (Wildman–Crippen MR) is 33.5 cm³/mol. The maximum Gasteiger partial charge on any atom is 0.275 e. The van der Waals surface area contributed by atoms with E-state index in [1.807, 2.05) is 0 Å². The van der Waals surface area contributed by atoms with E-state index < -0.39 is 14.4 Å². The van der Waals surface area contributed by atoms with Crippen LogP contribution in [0, 0.1) is 0 Å². The highest BCUT2D eigenvalue weighted by atomic mass is 28.3. The third-order valence-electron chi connectivity index (χ3n) is 1.03. The zero-order valence-corrected chi connectivity index (χ0v) is 5.40. The van der Waals surface area contributed by atoms with Gasteiger partial charge in [0.05, 0.1) is 0 Å². The molecule has 1 heterocycles. The highest BCUT2D eigenvalue weighted by Crippen LogP contribution is 1.97. The van der Waals surface area contributed by atoms with Gasteiger partial charge in [-0.05, 0) is 0 Å². The first-order valence-electron chi connectivity index (χ1n) is 2.38. The van der Waals surface area contributed by atoms with Gasteiger partial charge in [0.2, 0.25) is 8.80 Å². The molecule has 1 aliphatic rings. The SMILES string of the molecule is O=C(O)[SiH]1C=CC=C1. The Morgan fingerprint density at radius 3 is 2.12 bits per heavy atom. The fourth-order valence-electron chi connectivity index (χ4n) is 0.596. The quantitative estimate of drug-likeness (QED) is 0.524. The summed E-state index contributed by atoms with van der Waals surface area (Å²) >= 11 is 0. The van der Waals surface area contributed by atoms with E-state index in [1.165, 1.54) is 0 Å². The van der Waals surface area contributed by atoms with Crippen LogP contribution in [-0.2, 0) is 0 Å². The predicted octanol–water partition coefficient (Wildman–Crippen LogP) is 0.678. The first-order chi connectivity index (χ1) is 3.80. The Morgan fingerprint density at radius 2 is 1.88 bits per heavy atom. The second kappa shape index (κ2) is 1.96. The van der Waals surface area contributed by atoms with Gasteiger partial charge in [-0.25, -0.2) is 0 Å². The number of hydrogen-bond donors (Lipinski definition) is 1. The largest absolute Gasteiger partial charge is 0.485 e. The van der Waals surface area contributed by atoms with E-state index in [4.69, 9.17) is 5.11 Å². The van der Waals surface area contributed by atoms with E-state index >= 15 is 0 Å². The molecular weight excluding hydrogens is 120 g/mol. The zero-order chi connectivity index (χ0) is 5.98. The molecule has 0 unspecified atom stereocenters. The number of allylic oxidation sites excluding steroid dienone is 2. The monoisotopic (exact) mass is 126 g/mol. The lowest BCUT2D eigenvalue weighted by molar-refractivity contribution is 0.219. The van der Waals surface area contributed by atoms with Crippen molar-refractivity contribution >= 4 is 14.4 Å². The van der Waals surface area contributed by atoms with Crippen LogP contribution in [0.5, 0.6) is 0 Å². The van der Waals surface area contributed by atoms with Crippen molar-refractivity contribution in [2.24, 2.45) is 0 Å². The molecule has 0 aromatic heterocycles. The van der Waals surface area contributed by atoms with Crippen molar-refractivity contribution in [3.63, 3.8) is 0 Å². The molecule has 0 aromatic rings. The second-order valence-electron chi connectivity index (χ2n) is 1.63. The molecule has 1 N–H and O–H groups in total. The molecule has 2 nitrogen and oxygen atoms in total. The van der Waals surface area contributed by atoms with E-state index in [-0.39, 0.29) is 0 Å². The molecule has 0 saturated carbocycles. The molecule has 0 aliphatic carbocycles. The summed E-state index contributed by atoms with van der Waals surface area (Å²) < 4.78 is 0. The molecule has 42 valence electrons. The van der Waals surface area contributed by atoms with E-state index in [1.54, 1.807) is 23.6 Å². The highest BCUT2D eigenvalue weighted by Gasteiger charge is 2.13. The van der Waals surface area contributed by atoms with Gasteiger partial charge >= 0.3 is 0 Å². The van der Waals surface area contributed by atoms with Crippen LogP contribution in [0.2, 0.25) is 0 Å². The average Bonchev–Trinajstić information content (AvgIpc) is 2.12. The van der Waals surface area contributed by atoms with Gasteiger partial charge in [0, 0.05) is 0 Å². The lowest BCUT2D eigenvalue weighted by Gasteiger charge is -1.89. The van der Waals surface area contributed by atoms with Crippen LogP contribution in [0.3, 0.4) is 0 Å². The highest BCUT2D eigenvalue weighted by molar-refractivity contribution is 6.96. The Hall–Kier alpha value is -0.833. The van der Waals surface area contributed by atoms with E-state index in [0.717, 1.165) is 0 Å². The molecule has 1 rings (SSSR count). The van der Waals surface area contributed by atoms with Gasteiger partial charge in [-0.1, -0.05) is 23.6 Å². The van der Waals surface area contributed by atoms with Gasteiger partial charge in [-0.2, -0.15) is 0 Å². The minimum absolute atomic E-state index is 0.644. The average molecular weight is 126 g/mol. The maximum atomic E-state index is 10.2. The maximum absolute atomic E-state index is 10.2. The molecule has 0 aromatic carbocycles. The summed E-state index contributed by atoms with van der Waals surface area (Å²) in [6, 6.07) is 0. The lowest BCUT2D eigenvalue weighted by Crippen LogP contribution is -2.16. The number of carbonyl (C=O) groups is 1. The molecule has 0 spiro atoms. The fraction of sp³-hybridized carbons (Fsp3) is 0. The molecular formula is C5H6O2Si. The van der Waals surface area contributed by atoms with Crippen LogP contribution in [-0.4, -0.2) is 19.5 Å². The first kappa shape index (κ1) is 5.31. The van der Waals surface area contributed by atoms with Gasteiger partial charge in [0.1, 0.15) is 0 Å². The van der Waals surface area contributed by atoms with E-state index in [0.29, 0.717) is 0 Å². The summed E-state index contributed by atoms with van der Waals surface area (Å²) in [4.78, 5) is 10.2. The lowest BCUT2D eigenvalue weighted by atomic mass is 10.6. The van der Waals surface area contributed by atoms with Gasteiger partial charge in [0.25, 0.3) is 5.59 Å². The fourth-order valence-corrected chi connectivity index (χ4v) is 1.79. The van der Waals surface area contributed by atoms with Gasteiger partial charge in [0.15, 0.2) is 0 Å². The van der Waals surface area contributed by atoms with E-state index in [2.05, 4.69) is 0 Å². The van der Waals surface area contributed by atoms with Gasteiger partial charge in [-0.15, -0.1) is 0 Å². The molecule has 0 bridgehead atoms. The summed E-state index contributed by atoms with van der Waals surface area (Å²) in [6.07, 6.45) is 3.59. The van der Waals surface area contributed by atoms with Crippen LogP contribution in [0.4, 0.5) is 4.79 Å². The standard InChI is InChI=1S/C5H6O2Si/c6-5(7)8-3-1-2-4-8/h1-4,8H,(H,6,7). The normalized spacial score (nSPS) is 17.5. The smallest absolute Gasteiger partial charge is 0.275 e. The first-order valence-corrected chi connectivity index (χ1v) is 4.29. The van der Waals surface area contributed by atoms with Crippen LogP contribution in [0.15, 0.2) is 23.6 Å². The summed E-state index contributed by atoms with van der Waals surface area (Å²) in [7, 11) is -1.60. The summed E-state index contributed by atoms with van der Waals surface area (Å²) in [5, 5.41) is 8.37. The molecule has 0 amide bonds.